The molecular formula is C9H17NO2. The third-order valence-electron chi connectivity index (χ3n) is 1.68. The third-order valence-corrected chi connectivity index (χ3v) is 1.68. The quantitative estimate of drug-likeness (QED) is 0.644. The molecule has 0 heterocycles. The topological polar surface area (TPSA) is 37.4 Å². The summed E-state index contributed by atoms with van der Waals surface area (Å²) in [4.78, 5) is 23.6. The van der Waals surface area contributed by atoms with Crippen LogP contribution in [-0.2, 0) is 9.59 Å². The summed E-state index contributed by atoms with van der Waals surface area (Å²) in [5, 5.41) is 0. The zero-order valence-electron chi connectivity index (χ0n) is 8.09. The Hall–Kier alpha value is -0.860. The second-order valence-corrected chi connectivity index (χ2v) is 2.85. The monoisotopic (exact) mass is 171 g/mol. The molecule has 3 heteroatoms. The number of hydrogen-bond donors (Lipinski definition) is 0. The summed E-state index contributed by atoms with van der Waals surface area (Å²) in [6.45, 7) is 3.85. The van der Waals surface area contributed by atoms with Crippen molar-refractivity contribution in [2.75, 3.05) is 7.05 Å². The lowest BCUT2D eigenvalue weighted by atomic mass is 10.2. The van der Waals surface area contributed by atoms with Crippen LogP contribution in [-0.4, -0.2) is 23.8 Å². The zero-order chi connectivity index (χ0) is 9.56. The van der Waals surface area contributed by atoms with Crippen LogP contribution in [0.1, 0.15) is 39.5 Å². The molecule has 12 heavy (non-hydrogen) atoms. The fraction of sp³-hybridized carbons (Fsp3) is 0.778. The van der Waals surface area contributed by atoms with Gasteiger partial charge in [-0.05, 0) is 12.8 Å². The highest BCUT2D eigenvalue weighted by Gasteiger charge is 2.13. The molecule has 0 rings (SSSR count). The largest absolute Gasteiger partial charge is 0.286 e. The van der Waals surface area contributed by atoms with E-state index in [4.69, 9.17) is 0 Å². The molecule has 0 spiro atoms. The van der Waals surface area contributed by atoms with Crippen LogP contribution in [0, 0.1) is 0 Å². The molecule has 0 aromatic rings. The average Bonchev–Trinajstić information content (AvgIpc) is 2.04. The molecule has 3 nitrogen and oxygen atoms in total. The number of nitrogens with zero attached hydrogens (tertiary/aromatic N) is 1. The first-order valence-electron chi connectivity index (χ1n) is 4.42. The van der Waals surface area contributed by atoms with Crippen LogP contribution >= 0.6 is 0 Å². The summed E-state index contributed by atoms with van der Waals surface area (Å²) < 4.78 is 0. The Morgan fingerprint density at radius 2 is 1.33 bits per heavy atom. The molecular weight excluding hydrogens is 154 g/mol. The minimum Gasteiger partial charge on any atom is -0.286 e. The molecule has 70 valence electrons. The van der Waals surface area contributed by atoms with E-state index in [1.165, 1.54) is 4.90 Å². The summed E-state index contributed by atoms with van der Waals surface area (Å²) in [7, 11) is 1.55. The van der Waals surface area contributed by atoms with Gasteiger partial charge in [-0.15, -0.1) is 0 Å². The van der Waals surface area contributed by atoms with Gasteiger partial charge in [0.1, 0.15) is 0 Å². The minimum absolute atomic E-state index is 0.0732. The average molecular weight is 171 g/mol. The van der Waals surface area contributed by atoms with Gasteiger partial charge in [0.25, 0.3) is 0 Å². The van der Waals surface area contributed by atoms with E-state index in [1.807, 2.05) is 13.8 Å². The fourth-order valence-electron chi connectivity index (χ4n) is 0.902. The van der Waals surface area contributed by atoms with Crippen LogP contribution in [0.2, 0.25) is 0 Å². The highest BCUT2D eigenvalue weighted by molar-refractivity contribution is 5.94. The number of carbonyl (C=O) groups is 2. The van der Waals surface area contributed by atoms with Crippen molar-refractivity contribution in [3.8, 4) is 0 Å². The van der Waals surface area contributed by atoms with E-state index in [-0.39, 0.29) is 11.8 Å². The number of carbonyl (C=O) groups excluding carboxylic acids is 2. The summed E-state index contributed by atoms with van der Waals surface area (Å²) in [6, 6.07) is 0. The molecule has 0 aliphatic heterocycles. The van der Waals surface area contributed by atoms with Crippen molar-refractivity contribution in [2.24, 2.45) is 0 Å². The van der Waals surface area contributed by atoms with Crippen molar-refractivity contribution >= 4 is 11.8 Å². The Labute approximate surface area is 73.7 Å². The summed E-state index contributed by atoms with van der Waals surface area (Å²) in [5.41, 5.74) is 0. The molecule has 0 saturated carbocycles. The van der Waals surface area contributed by atoms with Crippen molar-refractivity contribution in [3.63, 3.8) is 0 Å². The van der Waals surface area contributed by atoms with Crippen LogP contribution in [0.4, 0.5) is 0 Å². The van der Waals surface area contributed by atoms with E-state index in [1.54, 1.807) is 7.05 Å². The normalized spacial score (nSPS) is 9.58. The van der Waals surface area contributed by atoms with Gasteiger partial charge in [0, 0.05) is 19.9 Å². The van der Waals surface area contributed by atoms with Gasteiger partial charge in [-0.2, -0.15) is 0 Å². The highest BCUT2D eigenvalue weighted by atomic mass is 16.2. The Kier molecular flexibility index (Phi) is 5.34. The molecule has 0 fully saturated rings. The van der Waals surface area contributed by atoms with E-state index in [2.05, 4.69) is 0 Å². The fourth-order valence-corrected chi connectivity index (χ4v) is 0.902. The number of imide groups is 1. The Morgan fingerprint density at radius 1 is 1.00 bits per heavy atom. The van der Waals surface area contributed by atoms with Crippen LogP contribution < -0.4 is 0 Å². The highest BCUT2D eigenvalue weighted by Crippen LogP contribution is 1.99. The predicted octanol–water partition coefficient (Wildman–Crippen LogP) is 1.57. The van der Waals surface area contributed by atoms with E-state index < -0.39 is 0 Å². The molecule has 0 aromatic carbocycles. The SMILES string of the molecule is CCCC(=O)N(C)C(=O)CCC. The molecule has 0 atom stereocenters. The molecule has 0 aliphatic rings. The van der Waals surface area contributed by atoms with Gasteiger partial charge in [-0.1, -0.05) is 13.8 Å². The predicted molar refractivity (Wildman–Crippen MR) is 47.6 cm³/mol. The van der Waals surface area contributed by atoms with Crippen molar-refractivity contribution in [2.45, 2.75) is 39.5 Å². The van der Waals surface area contributed by atoms with E-state index in [0.29, 0.717) is 12.8 Å². The van der Waals surface area contributed by atoms with Gasteiger partial charge in [0.15, 0.2) is 0 Å². The van der Waals surface area contributed by atoms with E-state index >= 15 is 0 Å². The molecule has 0 saturated heterocycles. The second kappa shape index (κ2) is 5.75. The van der Waals surface area contributed by atoms with Gasteiger partial charge < -0.3 is 0 Å². The molecule has 2 amide bonds. The van der Waals surface area contributed by atoms with Crippen molar-refractivity contribution in [1.29, 1.82) is 0 Å². The summed E-state index contributed by atoms with van der Waals surface area (Å²) >= 11 is 0. The molecule has 0 radical (unpaired) electrons. The molecule has 0 aromatic heterocycles. The maximum atomic E-state index is 11.2. The molecule has 0 aliphatic carbocycles. The third kappa shape index (κ3) is 3.51. The van der Waals surface area contributed by atoms with E-state index in [0.717, 1.165) is 12.8 Å². The molecule has 0 bridgehead atoms. The Bertz CT molecular complexity index is 148. The van der Waals surface area contributed by atoms with Gasteiger partial charge >= 0.3 is 0 Å². The maximum absolute atomic E-state index is 11.2. The van der Waals surface area contributed by atoms with Crippen molar-refractivity contribution < 1.29 is 9.59 Å². The van der Waals surface area contributed by atoms with Crippen LogP contribution in [0.15, 0.2) is 0 Å². The van der Waals surface area contributed by atoms with Crippen molar-refractivity contribution in [1.82, 2.24) is 4.90 Å². The Balaban J connectivity index is 3.91. The summed E-state index contributed by atoms with van der Waals surface area (Å²) in [5.74, 6) is -0.146. The van der Waals surface area contributed by atoms with E-state index in [9.17, 15) is 9.59 Å². The molecule has 0 unspecified atom stereocenters. The number of amides is 2. The lowest BCUT2D eigenvalue weighted by Gasteiger charge is -2.13. The maximum Gasteiger partial charge on any atom is 0.228 e. The van der Waals surface area contributed by atoms with Gasteiger partial charge in [0.2, 0.25) is 11.8 Å². The first-order chi connectivity index (χ1) is 5.63. The zero-order valence-corrected chi connectivity index (χ0v) is 8.09. The van der Waals surface area contributed by atoms with Crippen LogP contribution in [0.25, 0.3) is 0 Å². The summed E-state index contributed by atoms with van der Waals surface area (Å²) in [6.07, 6.45) is 2.52. The standard InChI is InChI=1S/C9H17NO2/c1-4-6-8(11)10(3)9(12)7-5-2/h4-7H2,1-3H3. The number of hydrogen-bond acceptors (Lipinski definition) is 2. The lowest BCUT2D eigenvalue weighted by molar-refractivity contribution is -0.143. The lowest BCUT2D eigenvalue weighted by Crippen LogP contribution is -2.32. The van der Waals surface area contributed by atoms with Gasteiger partial charge in [-0.3, -0.25) is 14.5 Å². The smallest absolute Gasteiger partial charge is 0.228 e. The van der Waals surface area contributed by atoms with Crippen LogP contribution in [0.5, 0.6) is 0 Å². The minimum atomic E-state index is -0.0732. The first-order valence-corrected chi connectivity index (χ1v) is 4.42. The Morgan fingerprint density at radius 3 is 1.58 bits per heavy atom. The van der Waals surface area contributed by atoms with Gasteiger partial charge in [-0.25, -0.2) is 0 Å². The number of rotatable bonds is 4. The van der Waals surface area contributed by atoms with Crippen LogP contribution in [0.3, 0.4) is 0 Å². The van der Waals surface area contributed by atoms with Gasteiger partial charge in [0.05, 0.1) is 0 Å². The molecule has 0 N–H and O–H groups in total. The van der Waals surface area contributed by atoms with Crippen molar-refractivity contribution in [3.05, 3.63) is 0 Å². The second-order valence-electron chi connectivity index (χ2n) is 2.85. The first kappa shape index (κ1) is 11.1.